The van der Waals surface area contributed by atoms with Gasteiger partial charge in [0.25, 0.3) is 0 Å². The van der Waals surface area contributed by atoms with Crippen molar-refractivity contribution in [2.45, 2.75) is 0 Å². The summed E-state index contributed by atoms with van der Waals surface area (Å²) in [5, 5.41) is 9.89. The summed E-state index contributed by atoms with van der Waals surface area (Å²) in [6, 6.07) is 68.8. The third kappa shape index (κ3) is 4.61. The maximum atomic E-state index is 6.81. The van der Waals surface area contributed by atoms with Gasteiger partial charge >= 0.3 is 0 Å². The molecule has 0 unspecified atom stereocenters. The minimum absolute atomic E-state index is 0.620. The standard InChI is InChI=1S/C54H32N4O/c1-3-14-33(15-4-1)36-19-13-20-37(32-36)57-46-31-30-42-40-23-10-12-25-47(40)59-53(42)48(46)43-29-28-41-39-22-9-11-24-45(39)58(51(41)52(43)57)54-55-49(35-17-5-2-6-18-35)44-27-26-34-16-7-8-21-38(34)50(44)56-54/h1-32H. The Bertz CT molecular complexity index is 3840. The first-order chi connectivity index (χ1) is 29.3. The fraction of sp³-hybridized carbons (Fsp3) is 0. The molecule has 0 N–H and O–H groups in total. The molecule has 0 spiro atoms. The normalized spacial score (nSPS) is 12.1. The number of fused-ring (bicyclic) bond motifs is 14. The number of benzene rings is 9. The van der Waals surface area contributed by atoms with E-state index in [1.165, 1.54) is 5.56 Å². The summed E-state index contributed by atoms with van der Waals surface area (Å²) in [6.07, 6.45) is 0. The zero-order chi connectivity index (χ0) is 38.6. The number of furan rings is 1. The van der Waals surface area contributed by atoms with Gasteiger partial charge in [-0.05, 0) is 59.0 Å². The van der Waals surface area contributed by atoms with Crippen LogP contribution < -0.4 is 0 Å². The lowest BCUT2D eigenvalue weighted by atomic mass is 10.0. The lowest BCUT2D eigenvalue weighted by molar-refractivity contribution is 0.673. The van der Waals surface area contributed by atoms with E-state index in [9.17, 15) is 0 Å². The Morgan fingerprint density at radius 2 is 1.05 bits per heavy atom. The van der Waals surface area contributed by atoms with Crippen LogP contribution >= 0.6 is 0 Å². The van der Waals surface area contributed by atoms with Crippen LogP contribution in [0, 0.1) is 0 Å². The van der Waals surface area contributed by atoms with Crippen molar-refractivity contribution >= 4 is 87.2 Å². The largest absolute Gasteiger partial charge is 0.455 e. The highest BCUT2D eigenvalue weighted by atomic mass is 16.3. The predicted molar refractivity (Wildman–Crippen MR) is 244 cm³/mol. The number of aromatic nitrogens is 4. The Kier molecular flexibility index (Phi) is 6.66. The molecular weight excluding hydrogens is 721 g/mol. The smallest absolute Gasteiger partial charge is 0.235 e. The quantitative estimate of drug-likeness (QED) is 0.168. The highest BCUT2D eigenvalue weighted by Gasteiger charge is 2.26. The molecule has 13 aromatic rings. The van der Waals surface area contributed by atoms with Crippen LogP contribution in [0.25, 0.3) is 121 Å². The monoisotopic (exact) mass is 752 g/mol. The van der Waals surface area contributed by atoms with Crippen LogP contribution in [0.5, 0.6) is 0 Å². The molecule has 59 heavy (non-hydrogen) atoms. The molecular formula is C54H32N4O. The lowest BCUT2D eigenvalue weighted by Crippen LogP contribution is -2.05. The molecule has 4 aromatic heterocycles. The molecule has 4 heterocycles. The van der Waals surface area contributed by atoms with E-state index in [-0.39, 0.29) is 0 Å². The molecule has 274 valence electrons. The van der Waals surface area contributed by atoms with Gasteiger partial charge in [0.2, 0.25) is 5.95 Å². The van der Waals surface area contributed by atoms with Crippen LogP contribution in [0.15, 0.2) is 199 Å². The highest BCUT2D eigenvalue weighted by molar-refractivity contribution is 6.29. The maximum Gasteiger partial charge on any atom is 0.235 e. The fourth-order valence-corrected chi connectivity index (χ4v) is 9.51. The first-order valence-corrected chi connectivity index (χ1v) is 20.0. The summed E-state index contributed by atoms with van der Waals surface area (Å²) in [6.45, 7) is 0. The van der Waals surface area contributed by atoms with Crippen molar-refractivity contribution in [3.05, 3.63) is 194 Å². The molecule has 0 amide bonds. The van der Waals surface area contributed by atoms with Gasteiger partial charge in [0.1, 0.15) is 11.2 Å². The zero-order valence-corrected chi connectivity index (χ0v) is 31.7. The average molecular weight is 753 g/mol. The first kappa shape index (κ1) is 32.1. The summed E-state index contributed by atoms with van der Waals surface area (Å²) in [5.74, 6) is 0.620. The Balaban J connectivity index is 1.24. The van der Waals surface area contributed by atoms with Crippen LogP contribution in [0.2, 0.25) is 0 Å². The van der Waals surface area contributed by atoms with Crippen LogP contribution in [-0.4, -0.2) is 19.1 Å². The van der Waals surface area contributed by atoms with Crippen LogP contribution in [-0.2, 0) is 0 Å². The van der Waals surface area contributed by atoms with Crippen molar-refractivity contribution in [3.8, 4) is 34.0 Å². The fourth-order valence-electron chi connectivity index (χ4n) is 9.51. The highest BCUT2D eigenvalue weighted by Crippen LogP contribution is 2.46. The van der Waals surface area contributed by atoms with E-state index in [0.29, 0.717) is 5.95 Å². The van der Waals surface area contributed by atoms with Crippen molar-refractivity contribution in [1.82, 2.24) is 19.1 Å². The molecule has 5 nitrogen and oxygen atoms in total. The second-order valence-electron chi connectivity index (χ2n) is 15.3. The molecule has 0 aliphatic heterocycles. The molecule has 0 bridgehead atoms. The van der Waals surface area contributed by atoms with Gasteiger partial charge in [-0.25, -0.2) is 9.97 Å². The van der Waals surface area contributed by atoms with E-state index in [4.69, 9.17) is 14.4 Å². The van der Waals surface area contributed by atoms with Gasteiger partial charge in [-0.15, -0.1) is 0 Å². The van der Waals surface area contributed by atoms with Gasteiger partial charge in [-0.1, -0.05) is 152 Å². The molecule has 0 radical (unpaired) electrons. The molecule has 0 saturated heterocycles. The summed E-state index contributed by atoms with van der Waals surface area (Å²) in [7, 11) is 0. The Hall–Kier alpha value is -8.02. The minimum atomic E-state index is 0.620. The van der Waals surface area contributed by atoms with Gasteiger partial charge < -0.3 is 8.98 Å². The molecule has 0 atom stereocenters. The van der Waals surface area contributed by atoms with Gasteiger partial charge in [0.05, 0.1) is 38.7 Å². The Labute approximate surface area is 337 Å². The minimum Gasteiger partial charge on any atom is -0.455 e. The summed E-state index contributed by atoms with van der Waals surface area (Å²) in [4.78, 5) is 11.1. The van der Waals surface area contributed by atoms with Crippen LogP contribution in [0.4, 0.5) is 0 Å². The van der Waals surface area contributed by atoms with Crippen LogP contribution in [0.1, 0.15) is 0 Å². The van der Waals surface area contributed by atoms with Gasteiger partial charge in [0.15, 0.2) is 0 Å². The van der Waals surface area contributed by atoms with Crippen molar-refractivity contribution in [2.75, 3.05) is 0 Å². The summed E-state index contributed by atoms with van der Waals surface area (Å²) in [5.41, 5.74) is 12.2. The number of rotatable bonds is 4. The predicted octanol–water partition coefficient (Wildman–Crippen LogP) is 14.2. The van der Waals surface area contributed by atoms with Crippen molar-refractivity contribution in [3.63, 3.8) is 0 Å². The molecule has 13 rings (SSSR count). The van der Waals surface area contributed by atoms with E-state index in [2.05, 4.69) is 197 Å². The van der Waals surface area contributed by atoms with E-state index < -0.39 is 0 Å². The number of hydrogen-bond acceptors (Lipinski definition) is 3. The van der Waals surface area contributed by atoms with Crippen molar-refractivity contribution in [2.24, 2.45) is 0 Å². The van der Waals surface area contributed by atoms with E-state index in [0.717, 1.165) is 110 Å². The number of hydrogen-bond donors (Lipinski definition) is 0. The molecule has 0 fully saturated rings. The van der Waals surface area contributed by atoms with E-state index in [1.54, 1.807) is 0 Å². The average Bonchev–Trinajstić information content (AvgIpc) is 3.97. The second kappa shape index (κ2) is 12.2. The van der Waals surface area contributed by atoms with E-state index >= 15 is 0 Å². The third-order valence-corrected chi connectivity index (χ3v) is 12.1. The second-order valence-corrected chi connectivity index (χ2v) is 15.3. The van der Waals surface area contributed by atoms with Gasteiger partial charge in [-0.3, -0.25) is 4.57 Å². The molecule has 5 heteroatoms. The number of para-hydroxylation sites is 2. The van der Waals surface area contributed by atoms with Crippen molar-refractivity contribution in [1.29, 1.82) is 0 Å². The van der Waals surface area contributed by atoms with Gasteiger partial charge in [0, 0.05) is 49.0 Å². The number of nitrogens with zero attached hydrogens (tertiary/aromatic N) is 4. The Morgan fingerprint density at radius 3 is 1.92 bits per heavy atom. The summed E-state index contributed by atoms with van der Waals surface area (Å²) < 4.78 is 11.5. The molecule has 0 aliphatic rings. The van der Waals surface area contributed by atoms with Gasteiger partial charge in [-0.2, -0.15) is 0 Å². The SMILES string of the molecule is c1ccc(-c2cccc(-n3c4ccc5c6ccccc6oc5c4c4ccc5c6ccccc6n(-c6nc(-c7ccccc7)c7ccc8ccccc8c7n6)c5c43)c2)cc1. The zero-order valence-electron chi connectivity index (χ0n) is 31.7. The van der Waals surface area contributed by atoms with Crippen LogP contribution in [0.3, 0.4) is 0 Å². The Morgan fingerprint density at radius 1 is 0.390 bits per heavy atom. The van der Waals surface area contributed by atoms with Crippen molar-refractivity contribution < 1.29 is 4.42 Å². The molecule has 0 aliphatic carbocycles. The molecule has 0 saturated carbocycles. The van der Waals surface area contributed by atoms with E-state index in [1.807, 2.05) is 6.07 Å². The third-order valence-electron chi connectivity index (χ3n) is 12.1. The molecule has 9 aromatic carbocycles. The lowest BCUT2D eigenvalue weighted by Gasteiger charge is -2.15. The first-order valence-electron chi connectivity index (χ1n) is 20.0. The maximum absolute atomic E-state index is 6.81. The summed E-state index contributed by atoms with van der Waals surface area (Å²) >= 11 is 0. The topological polar surface area (TPSA) is 48.8 Å².